The van der Waals surface area contributed by atoms with Gasteiger partial charge in [-0.25, -0.2) is 0 Å². The molecule has 5 nitrogen and oxygen atoms in total. The highest BCUT2D eigenvalue weighted by Gasteiger charge is 2.20. The van der Waals surface area contributed by atoms with Gasteiger partial charge < -0.3 is 5.11 Å². The summed E-state index contributed by atoms with van der Waals surface area (Å²) < 4.78 is 1.86. The number of nitrogens with zero attached hydrogens (tertiary/aromatic N) is 2. The third kappa shape index (κ3) is 4.43. The summed E-state index contributed by atoms with van der Waals surface area (Å²) in [6.45, 7) is 5.01. The molecule has 0 saturated heterocycles. The molecule has 0 radical (unpaired) electrons. The lowest BCUT2D eigenvalue weighted by atomic mass is 10.0. The van der Waals surface area contributed by atoms with Crippen LogP contribution in [0.5, 0.6) is 0 Å². The second-order valence-electron chi connectivity index (χ2n) is 5.47. The van der Waals surface area contributed by atoms with Crippen LogP contribution in [0, 0.1) is 5.92 Å². The number of carbonyl (C=O) groups is 1. The molecular weight excluding hydrogens is 266 g/mol. The summed E-state index contributed by atoms with van der Waals surface area (Å²) in [6, 6.07) is 9.56. The largest absolute Gasteiger partial charge is 0.480 e. The zero-order valence-corrected chi connectivity index (χ0v) is 12.4. The van der Waals surface area contributed by atoms with Crippen molar-refractivity contribution >= 4 is 5.97 Å². The van der Waals surface area contributed by atoms with E-state index in [1.54, 1.807) is 6.20 Å². The van der Waals surface area contributed by atoms with E-state index >= 15 is 0 Å². The van der Waals surface area contributed by atoms with Gasteiger partial charge in [0.1, 0.15) is 6.04 Å². The Labute approximate surface area is 124 Å². The minimum Gasteiger partial charge on any atom is -0.480 e. The molecule has 0 aliphatic rings. The summed E-state index contributed by atoms with van der Waals surface area (Å²) in [4.78, 5) is 11.1. The van der Waals surface area contributed by atoms with Crippen molar-refractivity contribution in [3.05, 3.63) is 53.9 Å². The molecule has 0 unspecified atom stereocenters. The van der Waals surface area contributed by atoms with Crippen molar-refractivity contribution in [3.63, 3.8) is 0 Å². The van der Waals surface area contributed by atoms with Gasteiger partial charge in [0.25, 0.3) is 0 Å². The SMILES string of the molecule is CC(C)[C@H](NCc1cnn(Cc2ccccc2)c1)C(=O)O. The summed E-state index contributed by atoms with van der Waals surface area (Å²) in [5.74, 6) is -0.774. The summed E-state index contributed by atoms with van der Waals surface area (Å²) in [5, 5.41) is 16.5. The average molecular weight is 287 g/mol. The molecule has 5 heteroatoms. The number of rotatable bonds is 7. The third-order valence-electron chi connectivity index (χ3n) is 3.33. The maximum atomic E-state index is 11.1. The first-order chi connectivity index (χ1) is 10.1. The molecule has 0 fully saturated rings. The predicted octanol–water partition coefficient (Wildman–Crippen LogP) is 2.13. The van der Waals surface area contributed by atoms with Crippen LogP contribution in [0.2, 0.25) is 0 Å². The van der Waals surface area contributed by atoms with E-state index in [1.165, 1.54) is 5.56 Å². The fourth-order valence-corrected chi connectivity index (χ4v) is 2.19. The number of hydrogen-bond donors (Lipinski definition) is 2. The molecule has 1 aromatic heterocycles. The zero-order chi connectivity index (χ0) is 15.2. The van der Waals surface area contributed by atoms with Crippen LogP contribution in [-0.4, -0.2) is 26.9 Å². The fraction of sp³-hybridized carbons (Fsp3) is 0.375. The normalized spacial score (nSPS) is 12.5. The van der Waals surface area contributed by atoms with E-state index in [-0.39, 0.29) is 5.92 Å². The predicted molar refractivity (Wildman–Crippen MR) is 80.9 cm³/mol. The average Bonchev–Trinajstić information content (AvgIpc) is 2.87. The van der Waals surface area contributed by atoms with E-state index in [0.717, 1.165) is 5.56 Å². The number of aliphatic carboxylic acids is 1. The van der Waals surface area contributed by atoms with E-state index in [4.69, 9.17) is 5.11 Å². The zero-order valence-electron chi connectivity index (χ0n) is 12.4. The summed E-state index contributed by atoms with van der Waals surface area (Å²) >= 11 is 0. The van der Waals surface area contributed by atoms with Crippen LogP contribution in [0.3, 0.4) is 0 Å². The summed E-state index contributed by atoms with van der Waals surface area (Å²) in [7, 11) is 0. The number of benzene rings is 1. The van der Waals surface area contributed by atoms with Crippen molar-refractivity contribution in [2.75, 3.05) is 0 Å². The van der Waals surface area contributed by atoms with Gasteiger partial charge in [-0.3, -0.25) is 14.8 Å². The van der Waals surface area contributed by atoms with Crippen molar-refractivity contribution in [2.24, 2.45) is 5.92 Å². The van der Waals surface area contributed by atoms with E-state index in [2.05, 4.69) is 22.5 Å². The van der Waals surface area contributed by atoms with Gasteiger partial charge in [-0.05, 0) is 11.5 Å². The highest BCUT2D eigenvalue weighted by molar-refractivity contribution is 5.73. The van der Waals surface area contributed by atoms with E-state index in [1.807, 2.05) is 42.9 Å². The number of carboxylic acid groups (broad SMARTS) is 1. The number of carboxylic acids is 1. The Hall–Kier alpha value is -2.14. The number of aromatic nitrogens is 2. The van der Waals surface area contributed by atoms with Crippen LogP contribution in [-0.2, 0) is 17.9 Å². The lowest BCUT2D eigenvalue weighted by Crippen LogP contribution is -2.40. The van der Waals surface area contributed by atoms with Crippen LogP contribution in [0.25, 0.3) is 0 Å². The van der Waals surface area contributed by atoms with Crippen LogP contribution >= 0.6 is 0 Å². The first kappa shape index (κ1) is 15.3. The Bertz CT molecular complexity index is 578. The molecule has 2 aromatic rings. The van der Waals surface area contributed by atoms with Gasteiger partial charge in [0.05, 0.1) is 12.7 Å². The minimum absolute atomic E-state index is 0.0434. The van der Waals surface area contributed by atoms with Crippen LogP contribution in [0.4, 0.5) is 0 Å². The molecule has 112 valence electrons. The molecule has 0 saturated carbocycles. The quantitative estimate of drug-likeness (QED) is 0.818. The van der Waals surface area contributed by atoms with Gasteiger partial charge in [-0.2, -0.15) is 5.10 Å². The third-order valence-corrected chi connectivity index (χ3v) is 3.33. The van der Waals surface area contributed by atoms with Crippen molar-refractivity contribution in [3.8, 4) is 0 Å². The molecule has 1 heterocycles. The number of hydrogen-bond acceptors (Lipinski definition) is 3. The highest BCUT2D eigenvalue weighted by Crippen LogP contribution is 2.06. The lowest BCUT2D eigenvalue weighted by Gasteiger charge is -2.17. The van der Waals surface area contributed by atoms with Gasteiger partial charge in [-0.15, -0.1) is 0 Å². The molecular formula is C16H21N3O2. The Kier molecular flexibility index (Phi) is 5.11. The monoisotopic (exact) mass is 287 g/mol. The maximum Gasteiger partial charge on any atom is 0.320 e. The Morgan fingerprint density at radius 1 is 1.29 bits per heavy atom. The van der Waals surface area contributed by atoms with Crippen LogP contribution in [0.1, 0.15) is 25.0 Å². The Morgan fingerprint density at radius 2 is 2.00 bits per heavy atom. The summed E-state index contributed by atoms with van der Waals surface area (Å²) in [5.41, 5.74) is 2.17. The van der Waals surface area contributed by atoms with Crippen molar-refractivity contribution in [1.82, 2.24) is 15.1 Å². The molecule has 0 amide bonds. The second-order valence-corrected chi connectivity index (χ2v) is 5.47. The Morgan fingerprint density at radius 3 is 2.62 bits per heavy atom. The molecule has 0 spiro atoms. The fourth-order valence-electron chi connectivity index (χ4n) is 2.19. The minimum atomic E-state index is -0.818. The van der Waals surface area contributed by atoms with Gasteiger partial charge in [0.2, 0.25) is 0 Å². The van der Waals surface area contributed by atoms with Crippen LogP contribution in [0.15, 0.2) is 42.7 Å². The second kappa shape index (κ2) is 7.04. The van der Waals surface area contributed by atoms with E-state index in [9.17, 15) is 4.79 Å². The maximum absolute atomic E-state index is 11.1. The topological polar surface area (TPSA) is 67.2 Å². The Balaban J connectivity index is 1.93. The van der Waals surface area contributed by atoms with Gasteiger partial charge in [0, 0.05) is 18.3 Å². The van der Waals surface area contributed by atoms with E-state index in [0.29, 0.717) is 13.1 Å². The van der Waals surface area contributed by atoms with E-state index < -0.39 is 12.0 Å². The number of nitrogens with one attached hydrogen (secondary N) is 1. The standard InChI is InChI=1S/C16H21N3O2/c1-12(2)15(16(20)21)17-8-14-9-18-19(11-14)10-13-6-4-3-5-7-13/h3-7,9,11-12,15,17H,8,10H2,1-2H3,(H,20,21)/t15-/m0/s1. The van der Waals surface area contributed by atoms with Gasteiger partial charge in [-0.1, -0.05) is 44.2 Å². The molecule has 0 bridgehead atoms. The first-order valence-electron chi connectivity index (χ1n) is 7.07. The van der Waals surface area contributed by atoms with Crippen molar-refractivity contribution < 1.29 is 9.90 Å². The molecule has 21 heavy (non-hydrogen) atoms. The molecule has 2 N–H and O–H groups in total. The van der Waals surface area contributed by atoms with Crippen molar-refractivity contribution in [2.45, 2.75) is 33.0 Å². The van der Waals surface area contributed by atoms with Crippen LogP contribution < -0.4 is 5.32 Å². The lowest BCUT2D eigenvalue weighted by molar-refractivity contribution is -0.140. The molecule has 0 aliphatic carbocycles. The highest BCUT2D eigenvalue weighted by atomic mass is 16.4. The molecule has 0 aliphatic heterocycles. The summed E-state index contributed by atoms with van der Waals surface area (Å²) in [6.07, 6.45) is 3.72. The molecule has 1 atom stereocenters. The smallest absolute Gasteiger partial charge is 0.320 e. The molecule has 2 rings (SSSR count). The molecule has 1 aromatic carbocycles. The first-order valence-corrected chi connectivity index (χ1v) is 7.07. The van der Waals surface area contributed by atoms with Gasteiger partial charge >= 0.3 is 5.97 Å². The van der Waals surface area contributed by atoms with Crippen molar-refractivity contribution in [1.29, 1.82) is 0 Å². The van der Waals surface area contributed by atoms with Gasteiger partial charge in [0.15, 0.2) is 0 Å².